The molecule has 0 bridgehead atoms. The molecule has 1 aliphatic rings. The van der Waals surface area contributed by atoms with Crippen LogP contribution in [0.4, 0.5) is 0 Å². The Balaban J connectivity index is 1.92. The number of ether oxygens (including phenoxy) is 2. The molecule has 1 saturated heterocycles. The van der Waals surface area contributed by atoms with Crippen molar-refractivity contribution in [2.75, 3.05) is 20.3 Å². The molecule has 1 unspecified atom stereocenters. The van der Waals surface area contributed by atoms with Crippen LogP contribution < -0.4 is 10.1 Å². The number of thiophene rings is 1. The van der Waals surface area contributed by atoms with Crippen LogP contribution in [0.3, 0.4) is 0 Å². The second-order valence-corrected chi connectivity index (χ2v) is 5.13. The molecule has 1 N–H and O–H groups in total. The Hall–Kier alpha value is -0.580. The van der Waals surface area contributed by atoms with E-state index in [2.05, 4.69) is 17.6 Å². The quantitative estimate of drug-likeness (QED) is 0.853. The van der Waals surface area contributed by atoms with E-state index in [-0.39, 0.29) is 5.54 Å². The van der Waals surface area contributed by atoms with Crippen LogP contribution in [-0.2, 0) is 11.3 Å². The first kappa shape index (κ1) is 10.9. The monoisotopic (exact) mass is 227 g/mol. The normalized spacial score (nSPS) is 25.7. The van der Waals surface area contributed by atoms with Crippen molar-refractivity contribution in [3.63, 3.8) is 0 Å². The molecule has 0 saturated carbocycles. The molecule has 84 valence electrons. The Morgan fingerprint density at radius 2 is 2.53 bits per heavy atom. The molecule has 0 aliphatic carbocycles. The van der Waals surface area contributed by atoms with Gasteiger partial charge in [-0.25, -0.2) is 0 Å². The van der Waals surface area contributed by atoms with Gasteiger partial charge in [0, 0.05) is 18.7 Å². The summed E-state index contributed by atoms with van der Waals surface area (Å²) in [6.45, 7) is 4.74. The lowest BCUT2D eigenvalue weighted by molar-refractivity contribution is 0.171. The molecule has 0 amide bonds. The molecule has 0 radical (unpaired) electrons. The van der Waals surface area contributed by atoms with Crippen LogP contribution >= 0.6 is 11.3 Å². The maximum atomic E-state index is 5.40. The van der Waals surface area contributed by atoms with E-state index in [9.17, 15) is 0 Å². The van der Waals surface area contributed by atoms with Crippen molar-refractivity contribution in [3.05, 3.63) is 16.3 Å². The first-order valence-corrected chi connectivity index (χ1v) is 6.05. The van der Waals surface area contributed by atoms with Gasteiger partial charge in [0.15, 0.2) is 0 Å². The summed E-state index contributed by atoms with van der Waals surface area (Å²) in [5.74, 6) is 0.981. The van der Waals surface area contributed by atoms with E-state index in [0.29, 0.717) is 0 Å². The Bertz CT molecular complexity index is 318. The van der Waals surface area contributed by atoms with Gasteiger partial charge >= 0.3 is 0 Å². The molecule has 1 aromatic rings. The lowest BCUT2D eigenvalue weighted by Crippen LogP contribution is -2.42. The van der Waals surface area contributed by atoms with Gasteiger partial charge in [0.2, 0.25) is 0 Å². The van der Waals surface area contributed by atoms with E-state index in [1.807, 2.05) is 6.07 Å². The molecular weight excluding hydrogens is 210 g/mol. The highest BCUT2D eigenvalue weighted by molar-refractivity contribution is 7.10. The minimum atomic E-state index is 0.134. The van der Waals surface area contributed by atoms with Crippen LogP contribution in [0, 0.1) is 0 Å². The van der Waals surface area contributed by atoms with E-state index >= 15 is 0 Å². The average Bonchev–Trinajstić information content (AvgIpc) is 2.84. The largest absolute Gasteiger partial charge is 0.496 e. The number of hydrogen-bond acceptors (Lipinski definition) is 4. The van der Waals surface area contributed by atoms with Gasteiger partial charge in [-0.15, -0.1) is 11.3 Å². The van der Waals surface area contributed by atoms with E-state index in [1.165, 1.54) is 4.88 Å². The van der Waals surface area contributed by atoms with Crippen molar-refractivity contribution in [1.82, 2.24) is 5.32 Å². The molecule has 3 nitrogen and oxygen atoms in total. The average molecular weight is 227 g/mol. The molecule has 1 aromatic heterocycles. The highest BCUT2D eigenvalue weighted by Gasteiger charge is 2.29. The summed E-state index contributed by atoms with van der Waals surface area (Å²) in [7, 11) is 1.71. The van der Waals surface area contributed by atoms with Crippen molar-refractivity contribution in [1.29, 1.82) is 0 Å². The van der Waals surface area contributed by atoms with Gasteiger partial charge in [-0.2, -0.15) is 0 Å². The van der Waals surface area contributed by atoms with Crippen LogP contribution in [0.15, 0.2) is 11.4 Å². The Labute approximate surface area is 94.4 Å². The summed E-state index contributed by atoms with van der Waals surface area (Å²) in [5.41, 5.74) is 0.134. The third-order valence-corrected chi connectivity index (χ3v) is 3.72. The molecule has 2 heterocycles. The standard InChI is InChI=1S/C11H17NO2S/c1-11(4-5-14-8-11)12-7-10-9(13-2)3-6-15-10/h3,6,12H,4-5,7-8H2,1-2H3. The zero-order valence-corrected chi connectivity index (χ0v) is 10.0. The minimum absolute atomic E-state index is 0.134. The summed E-state index contributed by atoms with van der Waals surface area (Å²) >= 11 is 1.73. The van der Waals surface area contributed by atoms with Crippen molar-refractivity contribution >= 4 is 11.3 Å². The fourth-order valence-corrected chi connectivity index (χ4v) is 2.52. The van der Waals surface area contributed by atoms with E-state index in [1.54, 1.807) is 18.4 Å². The molecule has 0 spiro atoms. The Kier molecular flexibility index (Phi) is 3.29. The third kappa shape index (κ3) is 2.51. The second-order valence-electron chi connectivity index (χ2n) is 4.13. The maximum Gasteiger partial charge on any atom is 0.134 e. The maximum absolute atomic E-state index is 5.40. The fourth-order valence-electron chi connectivity index (χ4n) is 1.74. The lowest BCUT2D eigenvalue weighted by atomic mass is 10.0. The van der Waals surface area contributed by atoms with Gasteiger partial charge in [-0.05, 0) is 24.8 Å². The number of nitrogens with one attached hydrogen (secondary N) is 1. The predicted octanol–water partition coefficient (Wildman–Crippen LogP) is 2.03. The van der Waals surface area contributed by atoms with E-state index in [4.69, 9.17) is 9.47 Å². The minimum Gasteiger partial charge on any atom is -0.496 e. The summed E-state index contributed by atoms with van der Waals surface area (Å²) in [6.07, 6.45) is 1.08. The molecule has 1 aliphatic heterocycles. The molecule has 15 heavy (non-hydrogen) atoms. The zero-order valence-electron chi connectivity index (χ0n) is 9.21. The van der Waals surface area contributed by atoms with Gasteiger partial charge < -0.3 is 14.8 Å². The number of rotatable bonds is 4. The molecule has 1 fully saturated rings. The molecule has 0 aromatic carbocycles. The van der Waals surface area contributed by atoms with Crippen LogP contribution in [-0.4, -0.2) is 25.9 Å². The summed E-state index contributed by atoms with van der Waals surface area (Å²) < 4.78 is 10.7. The van der Waals surface area contributed by atoms with E-state index < -0.39 is 0 Å². The summed E-state index contributed by atoms with van der Waals surface area (Å²) in [6, 6.07) is 2.01. The summed E-state index contributed by atoms with van der Waals surface area (Å²) in [4.78, 5) is 1.26. The highest BCUT2D eigenvalue weighted by Crippen LogP contribution is 2.26. The Morgan fingerprint density at radius 3 is 3.20 bits per heavy atom. The third-order valence-electron chi connectivity index (χ3n) is 2.82. The van der Waals surface area contributed by atoms with Crippen LogP contribution in [0.5, 0.6) is 5.75 Å². The van der Waals surface area contributed by atoms with Crippen molar-refractivity contribution in [2.24, 2.45) is 0 Å². The van der Waals surface area contributed by atoms with Crippen molar-refractivity contribution in [3.8, 4) is 5.75 Å². The molecule has 1 atom stereocenters. The predicted molar refractivity (Wildman–Crippen MR) is 61.6 cm³/mol. The first-order valence-electron chi connectivity index (χ1n) is 5.17. The summed E-state index contributed by atoms with van der Waals surface area (Å²) in [5, 5.41) is 5.60. The van der Waals surface area contributed by atoms with Gasteiger partial charge in [0.1, 0.15) is 5.75 Å². The zero-order chi connectivity index (χ0) is 10.7. The van der Waals surface area contributed by atoms with Crippen LogP contribution in [0.1, 0.15) is 18.2 Å². The molecular formula is C11H17NO2S. The van der Waals surface area contributed by atoms with Gasteiger partial charge in [0.25, 0.3) is 0 Å². The van der Waals surface area contributed by atoms with Crippen LogP contribution in [0.25, 0.3) is 0 Å². The highest BCUT2D eigenvalue weighted by atomic mass is 32.1. The van der Waals surface area contributed by atoms with Gasteiger partial charge in [-0.3, -0.25) is 0 Å². The molecule has 2 rings (SSSR count). The SMILES string of the molecule is COc1ccsc1CNC1(C)CCOC1. The van der Waals surface area contributed by atoms with Gasteiger partial charge in [0.05, 0.1) is 18.6 Å². The smallest absolute Gasteiger partial charge is 0.134 e. The van der Waals surface area contributed by atoms with Crippen molar-refractivity contribution < 1.29 is 9.47 Å². The fraction of sp³-hybridized carbons (Fsp3) is 0.636. The van der Waals surface area contributed by atoms with Gasteiger partial charge in [-0.1, -0.05) is 0 Å². The first-order chi connectivity index (χ1) is 7.23. The number of hydrogen-bond donors (Lipinski definition) is 1. The molecule has 4 heteroatoms. The van der Waals surface area contributed by atoms with Crippen molar-refractivity contribution in [2.45, 2.75) is 25.4 Å². The number of methoxy groups -OCH3 is 1. The van der Waals surface area contributed by atoms with E-state index in [0.717, 1.165) is 31.9 Å². The topological polar surface area (TPSA) is 30.5 Å². The second kappa shape index (κ2) is 4.51. The van der Waals surface area contributed by atoms with Crippen LogP contribution in [0.2, 0.25) is 0 Å². The Morgan fingerprint density at radius 1 is 1.67 bits per heavy atom. The lowest BCUT2D eigenvalue weighted by Gasteiger charge is -2.23.